The zero-order chi connectivity index (χ0) is 39.3. The van der Waals surface area contributed by atoms with Crippen LogP contribution in [0, 0.1) is 11.3 Å². The molecule has 11 aromatic rings. The molecule has 0 atom stereocenters. The molecule has 278 valence electrons. The molecule has 0 aliphatic rings. The summed E-state index contributed by atoms with van der Waals surface area (Å²) in [6.45, 7) is 0. The maximum atomic E-state index is 9.89. The van der Waals surface area contributed by atoms with Gasteiger partial charge in [0.2, 0.25) is 0 Å². The topological polar surface area (TPSA) is 59.4 Å². The average Bonchev–Trinajstić information content (AvgIpc) is 3.83. The van der Waals surface area contributed by atoms with Crippen molar-refractivity contribution in [1.29, 1.82) is 5.26 Å². The molecule has 0 amide bonds. The van der Waals surface area contributed by atoms with Crippen molar-refractivity contribution in [3.63, 3.8) is 0 Å². The van der Waals surface area contributed by atoms with Gasteiger partial charge in [-0.2, -0.15) is 5.26 Å². The van der Waals surface area contributed by atoms with Crippen molar-refractivity contribution in [2.45, 2.75) is 19.6 Å². The molecule has 6 heteroatoms. The maximum absolute atomic E-state index is 9.89. The molecular formula is C53H35N5S. The highest BCUT2D eigenvalue weighted by Crippen LogP contribution is 2.73. The summed E-state index contributed by atoms with van der Waals surface area (Å²) in [6.07, 6.45) is 0. The van der Waals surface area contributed by atoms with Gasteiger partial charge in [-0.05, 0) is 84.9 Å². The highest BCUT2D eigenvalue weighted by Gasteiger charge is 2.33. The minimum Gasteiger partial charge on any atom is -0.294 e. The number of aromatic nitrogens is 4. The van der Waals surface area contributed by atoms with E-state index in [2.05, 4.69) is 203 Å². The molecule has 5 nitrogen and oxygen atoms in total. The van der Waals surface area contributed by atoms with Gasteiger partial charge in [0.25, 0.3) is 0 Å². The standard InChI is InChI=1S/C53H35N5S/c54-36-37-31-32-50-46(33-37)45-27-12-15-30-49(45)58(50)52-35-51(57-47-28-13-10-25-43(47)44-26-11-14-29-48(44)57)55-53(56-52)38-17-16-24-42(34-38)59(39-18-4-1-5-19-39,40-20-6-2-7-21-40)41-22-8-3-9-23-41/h1-35H. The van der Waals surface area contributed by atoms with E-state index in [0.29, 0.717) is 11.4 Å². The fourth-order valence-corrected chi connectivity index (χ4v) is 12.7. The largest absolute Gasteiger partial charge is 0.294 e. The number of para-hydroxylation sites is 3. The normalized spacial score (nSPS) is 12.0. The van der Waals surface area contributed by atoms with Crippen molar-refractivity contribution in [2.75, 3.05) is 0 Å². The second-order valence-corrected chi connectivity index (χ2v) is 17.7. The van der Waals surface area contributed by atoms with Crippen molar-refractivity contribution in [3.05, 3.63) is 218 Å². The molecule has 3 heterocycles. The average molecular weight is 774 g/mol. The third-order valence-corrected chi connectivity index (χ3v) is 15.2. The van der Waals surface area contributed by atoms with Crippen LogP contribution >= 0.6 is 10.0 Å². The Balaban J connectivity index is 1.23. The van der Waals surface area contributed by atoms with Crippen LogP contribution in [0.5, 0.6) is 0 Å². The van der Waals surface area contributed by atoms with Crippen LogP contribution in [0.4, 0.5) is 0 Å². The van der Waals surface area contributed by atoms with Crippen LogP contribution in [-0.4, -0.2) is 19.1 Å². The van der Waals surface area contributed by atoms with E-state index in [-0.39, 0.29) is 0 Å². The summed E-state index contributed by atoms with van der Waals surface area (Å²) in [4.78, 5) is 15.9. The van der Waals surface area contributed by atoms with Crippen LogP contribution in [0.15, 0.2) is 232 Å². The Morgan fingerprint density at radius 2 is 0.797 bits per heavy atom. The zero-order valence-electron chi connectivity index (χ0n) is 31.9. The molecule has 0 fully saturated rings. The van der Waals surface area contributed by atoms with E-state index in [0.717, 1.165) is 60.8 Å². The molecule has 59 heavy (non-hydrogen) atoms. The second-order valence-electron chi connectivity index (χ2n) is 14.6. The lowest BCUT2D eigenvalue weighted by Gasteiger charge is -2.42. The maximum Gasteiger partial charge on any atom is 0.163 e. The highest BCUT2D eigenvalue weighted by atomic mass is 32.3. The van der Waals surface area contributed by atoms with E-state index in [9.17, 15) is 5.26 Å². The van der Waals surface area contributed by atoms with Gasteiger partial charge < -0.3 is 0 Å². The SMILES string of the molecule is N#Cc1ccc2c(c1)c1ccccc1n2-c1cc(-n2c3ccccc3c3ccccc32)nc(-c2cccc(S(c3ccccc3)(c3ccccc3)c3ccccc3)c2)n1. The summed E-state index contributed by atoms with van der Waals surface area (Å²) >= 11 is 0. The van der Waals surface area contributed by atoms with Gasteiger partial charge in [0.1, 0.15) is 11.6 Å². The smallest absolute Gasteiger partial charge is 0.163 e. The predicted molar refractivity (Wildman–Crippen MR) is 241 cm³/mol. The lowest BCUT2D eigenvalue weighted by Crippen LogP contribution is -2.07. The Morgan fingerprint density at radius 1 is 0.373 bits per heavy atom. The molecule has 0 aliphatic carbocycles. The van der Waals surface area contributed by atoms with Gasteiger partial charge in [0.05, 0.1) is 33.7 Å². The first-order valence-electron chi connectivity index (χ1n) is 19.6. The van der Waals surface area contributed by atoms with E-state index >= 15 is 0 Å². The number of rotatable bonds is 7. The Bertz CT molecular complexity index is 3250. The van der Waals surface area contributed by atoms with Crippen LogP contribution in [0.3, 0.4) is 0 Å². The molecule has 0 saturated carbocycles. The van der Waals surface area contributed by atoms with Crippen molar-refractivity contribution in [3.8, 4) is 29.1 Å². The summed E-state index contributed by atoms with van der Waals surface area (Å²) in [7, 11) is -1.96. The third-order valence-electron chi connectivity index (χ3n) is 11.3. The monoisotopic (exact) mass is 773 g/mol. The molecule has 0 unspecified atom stereocenters. The van der Waals surface area contributed by atoms with E-state index < -0.39 is 10.0 Å². The summed E-state index contributed by atoms with van der Waals surface area (Å²) in [5.41, 5.74) is 5.65. The number of hydrogen-bond donors (Lipinski definition) is 0. The van der Waals surface area contributed by atoms with Gasteiger partial charge in [-0.3, -0.25) is 9.13 Å². The molecular weight excluding hydrogens is 739 g/mol. The first kappa shape index (κ1) is 34.5. The Kier molecular flexibility index (Phi) is 8.21. The fraction of sp³-hybridized carbons (Fsp3) is 0. The lowest BCUT2D eigenvalue weighted by atomic mass is 10.1. The Labute approximate surface area is 343 Å². The number of fused-ring (bicyclic) bond motifs is 6. The quantitative estimate of drug-likeness (QED) is 0.162. The summed E-state index contributed by atoms with van der Waals surface area (Å²) in [5.74, 6) is 2.12. The molecule has 11 rings (SSSR count). The Morgan fingerprint density at radius 3 is 1.29 bits per heavy atom. The Hall–Kier alpha value is -7.72. The molecule has 0 aliphatic heterocycles. The van der Waals surface area contributed by atoms with Crippen LogP contribution in [0.2, 0.25) is 0 Å². The molecule has 8 aromatic carbocycles. The van der Waals surface area contributed by atoms with Gasteiger partial charge >= 0.3 is 0 Å². The van der Waals surface area contributed by atoms with Crippen molar-refractivity contribution < 1.29 is 0 Å². The van der Waals surface area contributed by atoms with Gasteiger partial charge in [-0.1, -0.05) is 121 Å². The number of nitriles is 1. The molecule has 0 radical (unpaired) electrons. The molecule has 0 bridgehead atoms. The number of hydrogen-bond acceptors (Lipinski definition) is 3. The van der Waals surface area contributed by atoms with E-state index in [1.165, 1.54) is 19.6 Å². The van der Waals surface area contributed by atoms with Gasteiger partial charge in [-0.15, -0.1) is 10.0 Å². The first-order valence-corrected chi connectivity index (χ1v) is 21.3. The van der Waals surface area contributed by atoms with E-state index in [1.807, 2.05) is 24.3 Å². The van der Waals surface area contributed by atoms with Gasteiger partial charge in [0, 0.05) is 52.8 Å². The summed E-state index contributed by atoms with van der Waals surface area (Å²) in [6, 6.07) is 77.3. The van der Waals surface area contributed by atoms with Gasteiger partial charge in [0.15, 0.2) is 5.82 Å². The predicted octanol–water partition coefficient (Wildman–Crippen LogP) is 13.6. The molecule has 0 saturated heterocycles. The van der Waals surface area contributed by atoms with Crippen molar-refractivity contribution >= 4 is 53.6 Å². The highest BCUT2D eigenvalue weighted by molar-refractivity contribution is 8.34. The van der Waals surface area contributed by atoms with Crippen LogP contribution in [-0.2, 0) is 0 Å². The fourth-order valence-electron chi connectivity index (χ4n) is 8.75. The van der Waals surface area contributed by atoms with Crippen LogP contribution in [0.1, 0.15) is 5.56 Å². The zero-order valence-corrected chi connectivity index (χ0v) is 32.7. The molecule has 0 N–H and O–H groups in total. The first-order chi connectivity index (χ1) is 29.2. The van der Waals surface area contributed by atoms with Crippen molar-refractivity contribution in [1.82, 2.24) is 19.1 Å². The number of benzene rings is 8. The molecule has 3 aromatic heterocycles. The van der Waals surface area contributed by atoms with E-state index in [1.54, 1.807) is 0 Å². The van der Waals surface area contributed by atoms with Gasteiger partial charge in [-0.25, -0.2) is 9.97 Å². The second kappa shape index (κ2) is 14.0. The molecule has 0 spiro atoms. The van der Waals surface area contributed by atoms with Crippen molar-refractivity contribution in [2.24, 2.45) is 0 Å². The van der Waals surface area contributed by atoms with E-state index in [4.69, 9.17) is 9.97 Å². The summed E-state index contributed by atoms with van der Waals surface area (Å²) in [5, 5.41) is 14.3. The summed E-state index contributed by atoms with van der Waals surface area (Å²) < 4.78 is 4.48. The van der Waals surface area contributed by atoms with Crippen LogP contribution < -0.4 is 0 Å². The third kappa shape index (κ3) is 5.48. The number of nitrogens with zero attached hydrogens (tertiary/aromatic N) is 5. The lowest BCUT2D eigenvalue weighted by molar-refractivity contribution is 0.993. The minimum absolute atomic E-state index is 0.614. The van der Waals surface area contributed by atoms with Crippen LogP contribution in [0.25, 0.3) is 66.6 Å². The minimum atomic E-state index is -1.96.